The second-order valence-electron chi connectivity index (χ2n) is 13.0. The maximum Gasteiger partial charge on any atom is 0.0711 e. The molecule has 0 bridgehead atoms. The molecule has 6 aromatic carbocycles. The van der Waals surface area contributed by atoms with Gasteiger partial charge in [-0.05, 0) is 98.2 Å². The average Bonchev–Trinajstić information content (AvgIpc) is 3.21. The van der Waals surface area contributed by atoms with Crippen LogP contribution in [0.15, 0.2) is 188 Å². The lowest BCUT2D eigenvalue weighted by molar-refractivity contribution is 0.818. The Morgan fingerprint density at radius 2 is 1.12 bits per heavy atom. The fourth-order valence-corrected chi connectivity index (χ4v) is 7.22. The predicted molar refractivity (Wildman–Crippen MR) is 210 cm³/mol. The molecule has 50 heavy (non-hydrogen) atoms. The van der Waals surface area contributed by atoms with Crippen molar-refractivity contribution in [2.75, 3.05) is 0 Å². The first-order valence-corrected chi connectivity index (χ1v) is 17.3. The van der Waals surface area contributed by atoms with E-state index in [1.807, 2.05) is 12.3 Å². The van der Waals surface area contributed by atoms with Gasteiger partial charge in [0, 0.05) is 34.5 Å². The molecule has 236 valence electrons. The van der Waals surface area contributed by atoms with Crippen LogP contribution in [-0.2, 0) is 0 Å². The van der Waals surface area contributed by atoms with Crippen molar-refractivity contribution in [2.45, 2.75) is 12.3 Å². The molecule has 1 aliphatic carbocycles. The van der Waals surface area contributed by atoms with Gasteiger partial charge in [-0.15, -0.1) is 0 Å². The molecule has 8 aromatic rings. The predicted octanol–water partition coefficient (Wildman–Crippen LogP) is 12.7. The second kappa shape index (κ2) is 12.9. The van der Waals surface area contributed by atoms with Gasteiger partial charge in [-0.3, -0.25) is 9.97 Å². The van der Waals surface area contributed by atoms with Crippen molar-refractivity contribution in [3.63, 3.8) is 0 Å². The van der Waals surface area contributed by atoms with Crippen molar-refractivity contribution >= 4 is 21.5 Å². The summed E-state index contributed by atoms with van der Waals surface area (Å²) in [7, 11) is 0. The minimum Gasteiger partial charge on any atom is -0.256 e. The fraction of sp³-hybridized carbons (Fsp3) is 0.0417. The van der Waals surface area contributed by atoms with Crippen LogP contribution in [0.4, 0.5) is 0 Å². The molecular weight excluding hydrogens is 605 g/mol. The van der Waals surface area contributed by atoms with Crippen molar-refractivity contribution in [3.05, 3.63) is 194 Å². The number of rotatable bonds is 6. The zero-order valence-corrected chi connectivity index (χ0v) is 27.6. The molecule has 0 spiro atoms. The van der Waals surface area contributed by atoms with Gasteiger partial charge in [0.2, 0.25) is 0 Å². The molecule has 0 aliphatic heterocycles. The highest BCUT2D eigenvalue weighted by atomic mass is 14.7. The van der Waals surface area contributed by atoms with E-state index in [9.17, 15) is 0 Å². The first-order valence-electron chi connectivity index (χ1n) is 17.3. The second-order valence-corrected chi connectivity index (χ2v) is 13.0. The van der Waals surface area contributed by atoms with Crippen LogP contribution in [-0.4, -0.2) is 9.97 Å². The first-order chi connectivity index (χ1) is 24.8. The average molecular weight is 639 g/mol. The largest absolute Gasteiger partial charge is 0.256 e. The van der Waals surface area contributed by atoms with Crippen LogP contribution < -0.4 is 0 Å². The summed E-state index contributed by atoms with van der Waals surface area (Å²) in [6.07, 6.45) is 11.7. The van der Waals surface area contributed by atoms with Crippen LogP contribution in [0.25, 0.3) is 77.4 Å². The van der Waals surface area contributed by atoms with Crippen molar-refractivity contribution in [2.24, 2.45) is 0 Å². The molecule has 1 atom stereocenters. The van der Waals surface area contributed by atoms with Gasteiger partial charge in [0.05, 0.1) is 11.4 Å². The zero-order valence-electron chi connectivity index (χ0n) is 27.6. The van der Waals surface area contributed by atoms with Crippen molar-refractivity contribution < 1.29 is 0 Å². The molecule has 9 rings (SSSR count). The quantitative estimate of drug-likeness (QED) is 0.169. The number of aromatic nitrogens is 2. The Bertz CT molecular complexity index is 2550. The van der Waals surface area contributed by atoms with E-state index >= 15 is 0 Å². The van der Waals surface area contributed by atoms with E-state index in [0.717, 1.165) is 62.4 Å². The summed E-state index contributed by atoms with van der Waals surface area (Å²) in [5.74, 6) is 0.224. The number of pyridine rings is 2. The molecular formula is C48H34N2. The molecule has 1 unspecified atom stereocenters. The van der Waals surface area contributed by atoms with Gasteiger partial charge in [-0.1, -0.05) is 140 Å². The Morgan fingerprint density at radius 3 is 1.88 bits per heavy atom. The number of nitrogens with zero attached hydrogens (tertiary/aromatic N) is 2. The molecule has 0 N–H and O–H groups in total. The van der Waals surface area contributed by atoms with Crippen molar-refractivity contribution in [1.82, 2.24) is 9.97 Å². The summed E-state index contributed by atoms with van der Waals surface area (Å²) < 4.78 is 0. The van der Waals surface area contributed by atoms with Crippen LogP contribution in [0, 0.1) is 0 Å². The summed E-state index contributed by atoms with van der Waals surface area (Å²) >= 11 is 0. The molecule has 0 saturated heterocycles. The summed E-state index contributed by atoms with van der Waals surface area (Å²) in [5, 5.41) is 4.99. The van der Waals surface area contributed by atoms with Crippen LogP contribution >= 0.6 is 0 Å². The van der Waals surface area contributed by atoms with Crippen molar-refractivity contribution in [1.29, 1.82) is 0 Å². The maximum absolute atomic E-state index is 5.23. The highest BCUT2D eigenvalue weighted by Crippen LogP contribution is 2.40. The van der Waals surface area contributed by atoms with Gasteiger partial charge in [0.15, 0.2) is 0 Å². The van der Waals surface area contributed by atoms with Gasteiger partial charge in [-0.2, -0.15) is 0 Å². The molecule has 2 nitrogen and oxygen atoms in total. The number of benzene rings is 6. The topological polar surface area (TPSA) is 25.8 Å². The van der Waals surface area contributed by atoms with Gasteiger partial charge < -0.3 is 0 Å². The zero-order chi connectivity index (χ0) is 33.3. The molecule has 0 saturated carbocycles. The first kappa shape index (κ1) is 29.7. The van der Waals surface area contributed by atoms with Gasteiger partial charge in [0.1, 0.15) is 0 Å². The standard InChI is InChI=1S/C48H34N2/c1-4-14-33(15-5-1)37-24-25-46(49-32-37)41-27-38(26-40(28-41)45-29-36-20-10-11-21-42(36)43-22-12-13-23-44(43)45)39-30-47(34-16-6-2-7-17-34)50-48(31-39)35-18-8-3-9-19-35/h1-18,20-32,35H,19H2. The summed E-state index contributed by atoms with van der Waals surface area (Å²) in [4.78, 5) is 10.3. The molecule has 2 heteroatoms. The van der Waals surface area contributed by atoms with Crippen LogP contribution in [0.5, 0.6) is 0 Å². The van der Waals surface area contributed by atoms with Crippen LogP contribution in [0.2, 0.25) is 0 Å². The smallest absolute Gasteiger partial charge is 0.0711 e. The lowest BCUT2D eigenvalue weighted by Gasteiger charge is -2.18. The Labute approximate surface area is 292 Å². The lowest BCUT2D eigenvalue weighted by atomic mass is 9.89. The monoisotopic (exact) mass is 638 g/mol. The van der Waals surface area contributed by atoms with E-state index < -0.39 is 0 Å². The Morgan fingerprint density at radius 1 is 0.440 bits per heavy atom. The summed E-state index contributed by atoms with van der Waals surface area (Å²) in [5.41, 5.74) is 12.1. The van der Waals surface area contributed by atoms with Gasteiger partial charge in [0.25, 0.3) is 0 Å². The van der Waals surface area contributed by atoms with E-state index in [1.165, 1.54) is 27.1 Å². The van der Waals surface area contributed by atoms with E-state index in [4.69, 9.17) is 9.97 Å². The molecule has 1 aliphatic rings. The Hall–Kier alpha value is -6.38. The summed E-state index contributed by atoms with van der Waals surface area (Å²) in [6, 6.07) is 56.6. The molecule has 0 radical (unpaired) electrons. The number of allylic oxidation sites excluding steroid dienone is 4. The van der Waals surface area contributed by atoms with Crippen molar-refractivity contribution in [3.8, 4) is 55.9 Å². The number of fused-ring (bicyclic) bond motifs is 3. The van der Waals surface area contributed by atoms with E-state index in [0.29, 0.717) is 0 Å². The summed E-state index contributed by atoms with van der Waals surface area (Å²) in [6.45, 7) is 0. The third kappa shape index (κ3) is 5.71. The molecule has 2 aromatic heterocycles. The molecule has 0 amide bonds. The fourth-order valence-electron chi connectivity index (χ4n) is 7.22. The highest BCUT2D eigenvalue weighted by molar-refractivity contribution is 6.14. The molecule has 0 fully saturated rings. The third-order valence-electron chi connectivity index (χ3n) is 9.79. The lowest BCUT2D eigenvalue weighted by Crippen LogP contribution is -2.02. The van der Waals surface area contributed by atoms with Crippen LogP contribution in [0.3, 0.4) is 0 Å². The third-order valence-corrected chi connectivity index (χ3v) is 9.79. The Kier molecular flexibility index (Phi) is 7.68. The van der Waals surface area contributed by atoms with E-state index in [-0.39, 0.29) is 5.92 Å². The minimum absolute atomic E-state index is 0.224. The van der Waals surface area contributed by atoms with Gasteiger partial charge >= 0.3 is 0 Å². The normalized spacial score (nSPS) is 14.0. The van der Waals surface area contributed by atoms with Crippen LogP contribution in [0.1, 0.15) is 18.0 Å². The molecule has 2 heterocycles. The SMILES string of the molecule is C1=CCC(c2cc(-c3cc(-c4ccc(-c5ccccc5)cn4)cc(-c4cc5ccccc5c5ccccc45)c3)cc(-c3ccccc3)n2)C=C1. The number of hydrogen-bond donors (Lipinski definition) is 0. The highest BCUT2D eigenvalue weighted by Gasteiger charge is 2.17. The van der Waals surface area contributed by atoms with E-state index in [2.05, 4.69) is 176 Å². The minimum atomic E-state index is 0.224. The van der Waals surface area contributed by atoms with Gasteiger partial charge in [-0.25, -0.2) is 0 Å². The van der Waals surface area contributed by atoms with E-state index in [1.54, 1.807) is 0 Å². The number of hydrogen-bond acceptors (Lipinski definition) is 2. The Balaban J connectivity index is 1.27. The maximum atomic E-state index is 5.23.